The van der Waals surface area contributed by atoms with Crippen LogP contribution in [-0.4, -0.2) is 47.0 Å². The first-order valence-corrected chi connectivity index (χ1v) is 6.03. The Morgan fingerprint density at radius 1 is 1.35 bits per heavy atom. The lowest BCUT2D eigenvalue weighted by Crippen LogP contribution is -2.33. The molecule has 0 aromatic rings. The van der Waals surface area contributed by atoms with Gasteiger partial charge in [0.05, 0.1) is 0 Å². The van der Waals surface area contributed by atoms with E-state index in [1.54, 1.807) is 7.05 Å². The molecule has 6 nitrogen and oxygen atoms in total. The van der Waals surface area contributed by atoms with Gasteiger partial charge in [0.1, 0.15) is 12.1 Å². The average Bonchev–Trinajstić information content (AvgIpc) is 2.29. The fourth-order valence-electron chi connectivity index (χ4n) is 0.878. The SMILES string of the molecule is CCCC[C@H](NC)C(=O)O.N[C@H](CS)C(=O)O. The van der Waals surface area contributed by atoms with Crippen LogP contribution in [0.1, 0.15) is 26.2 Å². The van der Waals surface area contributed by atoms with Crippen molar-refractivity contribution in [3.8, 4) is 0 Å². The predicted octanol–water partition coefficient (Wildman–Crippen LogP) is 0.177. The topological polar surface area (TPSA) is 113 Å². The Morgan fingerprint density at radius 3 is 2.06 bits per heavy atom. The van der Waals surface area contributed by atoms with Gasteiger partial charge in [-0.2, -0.15) is 12.6 Å². The summed E-state index contributed by atoms with van der Waals surface area (Å²) in [4.78, 5) is 20.1. The number of carboxylic acid groups (broad SMARTS) is 2. The van der Waals surface area contributed by atoms with E-state index in [0.717, 1.165) is 19.3 Å². The van der Waals surface area contributed by atoms with Crippen LogP contribution >= 0.6 is 12.6 Å². The van der Waals surface area contributed by atoms with Crippen LogP contribution in [0, 0.1) is 0 Å². The summed E-state index contributed by atoms with van der Waals surface area (Å²) in [5, 5.41) is 19.3. The highest BCUT2D eigenvalue weighted by atomic mass is 32.1. The average molecular weight is 266 g/mol. The summed E-state index contributed by atoms with van der Waals surface area (Å²) in [5.41, 5.74) is 4.94. The summed E-state index contributed by atoms with van der Waals surface area (Å²) >= 11 is 3.65. The standard InChI is InChI=1S/C7H15NO2.C3H7NO2S/c1-3-4-5-6(8-2)7(9)10;4-2(1-7)3(5)6/h6,8H,3-5H2,1-2H3,(H,9,10);2,7H,1,4H2,(H,5,6)/t6-;2-/m01/s1. The molecule has 102 valence electrons. The molecular weight excluding hydrogens is 244 g/mol. The quantitative estimate of drug-likeness (QED) is 0.420. The van der Waals surface area contributed by atoms with Gasteiger partial charge < -0.3 is 21.3 Å². The molecule has 2 atom stereocenters. The van der Waals surface area contributed by atoms with Crippen LogP contribution < -0.4 is 11.1 Å². The van der Waals surface area contributed by atoms with Crippen LogP contribution in [0.4, 0.5) is 0 Å². The first-order valence-electron chi connectivity index (χ1n) is 5.39. The van der Waals surface area contributed by atoms with E-state index in [4.69, 9.17) is 15.9 Å². The number of aliphatic carboxylic acids is 2. The molecule has 0 saturated carbocycles. The number of carbonyl (C=O) groups is 2. The van der Waals surface area contributed by atoms with Crippen molar-refractivity contribution in [1.82, 2.24) is 5.32 Å². The van der Waals surface area contributed by atoms with Crippen molar-refractivity contribution < 1.29 is 19.8 Å². The third-order valence-corrected chi connectivity index (χ3v) is 2.40. The maximum Gasteiger partial charge on any atom is 0.321 e. The van der Waals surface area contributed by atoms with E-state index in [2.05, 4.69) is 24.9 Å². The highest BCUT2D eigenvalue weighted by molar-refractivity contribution is 7.80. The van der Waals surface area contributed by atoms with E-state index >= 15 is 0 Å². The Kier molecular flexibility index (Phi) is 12.8. The number of rotatable bonds is 7. The van der Waals surface area contributed by atoms with Gasteiger partial charge in [-0.25, -0.2) is 0 Å². The van der Waals surface area contributed by atoms with Gasteiger partial charge in [0.2, 0.25) is 0 Å². The van der Waals surface area contributed by atoms with E-state index in [9.17, 15) is 9.59 Å². The second-order valence-electron chi connectivity index (χ2n) is 3.45. The number of nitrogens with one attached hydrogen (secondary N) is 1. The molecule has 0 rings (SSSR count). The number of hydrogen-bond acceptors (Lipinski definition) is 5. The lowest BCUT2D eigenvalue weighted by atomic mass is 10.1. The Balaban J connectivity index is 0. The van der Waals surface area contributed by atoms with Crippen LogP contribution in [0.25, 0.3) is 0 Å². The van der Waals surface area contributed by atoms with Crippen molar-refractivity contribution in [2.75, 3.05) is 12.8 Å². The van der Waals surface area contributed by atoms with Crippen molar-refractivity contribution in [3.05, 3.63) is 0 Å². The maximum absolute atomic E-state index is 10.4. The molecule has 0 heterocycles. The van der Waals surface area contributed by atoms with Crippen LogP contribution in [0.3, 0.4) is 0 Å². The Bertz CT molecular complexity index is 226. The molecule has 0 unspecified atom stereocenters. The zero-order valence-corrected chi connectivity index (χ0v) is 11.1. The van der Waals surface area contributed by atoms with Crippen LogP contribution in [0.5, 0.6) is 0 Å². The van der Waals surface area contributed by atoms with Gasteiger partial charge in [-0.1, -0.05) is 19.8 Å². The first kappa shape index (κ1) is 18.6. The van der Waals surface area contributed by atoms with Gasteiger partial charge in [-0.05, 0) is 13.5 Å². The van der Waals surface area contributed by atoms with E-state index in [-0.39, 0.29) is 11.8 Å². The van der Waals surface area contributed by atoms with Crippen LogP contribution in [-0.2, 0) is 9.59 Å². The number of hydrogen-bond donors (Lipinski definition) is 5. The summed E-state index contributed by atoms with van der Waals surface area (Å²) < 4.78 is 0. The molecule has 5 N–H and O–H groups in total. The molecule has 0 fully saturated rings. The summed E-state index contributed by atoms with van der Waals surface area (Å²) in [6.45, 7) is 2.05. The van der Waals surface area contributed by atoms with E-state index in [1.165, 1.54) is 0 Å². The molecule has 0 aliphatic heterocycles. The normalized spacial score (nSPS) is 13.2. The van der Waals surface area contributed by atoms with Gasteiger partial charge >= 0.3 is 11.9 Å². The van der Waals surface area contributed by atoms with E-state index < -0.39 is 18.0 Å². The molecule has 0 aromatic carbocycles. The van der Waals surface area contributed by atoms with Crippen molar-refractivity contribution in [2.45, 2.75) is 38.3 Å². The van der Waals surface area contributed by atoms with Gasteiger partial charge in [-0.3, -0.25) is 9.59 Å². The zero-order chi connectivity index (χ0) is 13.8. The van der Waals surface area contributed by atoms with Crippen molar-refractivity contribution in [2.24, 2.45) is 5.73 Å². The molecule has 0 amide bonds. The van der Waals surface area contributed by atoms with Gasteiger partial charge in [0, 0.05) is 5.75 Å². The monoisotopic (exact) mass is 266 g/mol. The van der Waals surface area contributed by atoms with E-state index in [1.807, 2.05) is 0 Å². The lowest BCUT2D eigenvalue weighted by molar-refractivity contribution is -0.140. The molecular formula is C10H22N2O4S. The lowest BCUT2D eigenvalue weighted by Gasteiger charge is -2.08. The smallest absolute Gasteiger partial charge is 0.321 e. The highest BCUT2D eigenvalue weighted by Gasteiger charge is 2.12. The van der Waals surface area contributed by atoms with Gasteiger partial charge in [0.15, 0.2) is 0 Å². The van der Waals surface area contributed by atoms with Crippen LogP contribution in [0.2, 0.25) is 0 Å². The summed E-state index contributed by atoms with van der Waals surface area (Å²) in [6.07, 6.45) is 2.74. The second-order valence-corrected chi connectivity index (χ2v) is 3.81. The minimum Gasteiger partial charge on any atom is -0.480 e. The first-order chi connectivity index (χ1) is 7.90. The Morgan fingerprint density at radius 2 is 1.88 bits per heavy atom. The molecule has 0 radical (unpaired) electrons. The van der Waals surface area contributed by atoms with Gasteiger partial charge in [0.25, 0.3) is 0 Å². The number of likely N-dealkylation sites (N-methyl/N-ethyl adjacent to an activating group) is 1. The summed E-state index contributed by atoms with van der Waals surface area (Å²) in [5.74, 6) is -1.57. The minimum absolute atomic E-state index is 0.190. The maximum atomic E-state index is 10.4. The number of carboxylic acids is 2. The molecule has 7 heteroatoms. The van der Waals surface area contributed by atoms with Gasteiger partial charge in [-0.15, -0.1) is 0 Å². The number of thiol groups is 1. The molecule has 0 aliphatic carbocycles. The molecule has 0 aromatic heterocycles. The van der Waals surface area contributed by atoms with Crippen LogP contribution in [0.15, 0.2) is 0 Å². The molecule has 0 aliphatic rings. The third kappa shape index (κ3) is 11.5. The van der Waals surface area contributed by atoms with E-state index in [0.29, 0.717) is 0 Å². The predicted molar refractivity (Wildman–Crippen MR) is 69.5 cm³/mol. The van der Waals surface area contributed by atoms with Crippen molar-refractivity contribution in [3.63, 3.8) is 0 Å². The zero-order valence-electron chi connectivity index (χ0n) is 10.2. The number of unbranched alkanes of at least 4 members (excludes halogenated alkanes) is 1. The summed E-state index contributed by atoms with van der Waals surface area (Å²) in [7, 11) is 1.68. The molecule has 17 heavy (non-hydrogen) atoms. The third-order valence-electron chi connectivity index (χ3n) is 2.01. The summed E-state index contributed by atoms with van der Waals surface area (Å²) in [6, 6.07) is -1.18. The fourth-order valence-corrected chi connectivity index (χ4v) is 1.03. The minimum atomic E-state index is -1.00. The Labute approximate surface area is 107 Å². The largest absolute Gasteiger partial charge is 0.480 e. The molecule has 0 spiro atoms. The second kappa shape index (κ2) is 11.7. The molecule has 0 bridgehead atoms. The molecule has 0 saturated heterocycles. The highest BCUT2D eigenvalue weighted by Crippen LogP contribution is 1.99. The number of nitrogens with two attached hydrogens (primary N) is 1. The Hall–Kier alpha value is -0.790. The fraction of sp³-hybridized carbons (Fsp3) is 0.800. The van der Waals surface area contributed by atoms with Crippen molar-refractivity contribution >= 4 is 24.6 Å². The van der Waals surface area contributed by atoms with Crippen molar-refractivity contribution in [1.29, 1.82) is 0 Å².